The molecule has 0 saturated heterocycles. The van der Waals surface area contributed by atoms with E-state index in [0.717, 1.165) is 20.3 Å². The van der Waals surface area contributed by atoms with Crippen molar-refractivity contribution in [2.45, 2.75) is 25.2 Å². The Balaban J connectivity index is 1.76. The molecule has 1 aromatic heterocycles. The molecule has 0 saturated carbocycles. The van der Waals surface area contributed by atoms with E-state index in [0.29, 0.717) is 12.1 Å². The molecule has 0 bridgehead atoms. The van der Waals surface area contributed by atoms with Crippen molar-refractivity contribution in [2.75, 3.05) is 18.4 Å². The van der Waals surface area contributed by atoms with Crippen molar-refractivity contribution in [2.24, 2.45) is 5.10 Å². The lowest BCUT2D eigenvalue weighted by Crippen LogP contribution is -2.40. The van der Waals surface area contributed by atoms with Gasteiger partial charge in [0.1, 0.15) is 0 Å². The van der Waals surface area contributed by atoms with Crippen LogP contribution in [0.5, 0.6) is 0 Å². The van der Waals surface area contributed by atoms with E-state index in [2.05, 4.69) is 15.8 Å². The maximum Gasteiger partial charge on any atom is 0.255 e. The Bertz CT molecular complexity index is 1250. The SMILES string of the molecule is CC(=O)Nc1ccc(S(=O)(=O)N(CCc2ccccc2)CC(=O)NN=Cc2sccc2C)cc1. The first-order valence-corrected chi connectivity index (χ1v) is 12.9. The minimum absolute atomic E-state index is 0.0279. The van der Waals surface area contributed by atoms with Gasteiger partial charge in [0, 0.05) is 24.0 Å². The number of rotatable bonds is 10. The lowest BCUT2D eigenvalue weighted by Gasteiger charge is -2.21. The highest BCUT2D eigenvalue weighted by Crippen LogP contribution is 2.19. The second-order valence-electron chi connectivity index (χ2n) is 7.54. The molecule has 10 heteroatoms. The van der Waals surface area contributed by atoms with Gasteiger partial charge < -0.3 is 5.32 Å². The van der Waals surface area contributed by atoms with Gasteiger partial charge in [0.2, 0.25) is 15.9 Å². The van der Waals surface area contributed by atoms with E-state index in [1.54, 1.807) is 6.21 Å². The molecule has 0 aliphatic carbocycles. The fourth-order valence-electron chi connectivity index (χ4n) is 3.12. The first-order valence-electron chi connectivity index (χ1n) is 10.5. The Morgan fingerprint density at radius 2 is 1.76 bits per heavy atom. The summed E-state index contributed by atoms with van der Waals surface area (Å²) in [5.41, 5.74) is 4.89. The van der Waals surface area contributed by atoms with Crippen LogP contribution >= 0.6 is 11.3 Å². The third-order valence-corrected chi connectivity index (χ3v) is 7.71. The van der Waals surface area contributed by atoms with E-state index in [-0.39, 0.29) is 23.9 Å². The van der Waals surface area contributed by atoms with E-state index in [4.69, 9.17) is 0 Å². The fourth-order valence-corrected chi connectivity index (χ4v) is 5.30. The number of carbonyl (C=O) groups is 2. The highest BCUT2D eigenvalue weighted by Gasteiger charge is 2.26. The summed E-state index contributed by atoms with van der Waals surface area (Å²) in [5.74, 6) is -0.799. The number of carbonyl (C=O) groups excluding carboxylic acids is 2. The molecule has 3 rings (SSSR count). The first kappa shape index (κ1) is 25.3. The van der Waals surface area contributed by atoms with E-state index in [9.17, 15) is 18.0 Å². The van der Waals surface area contributed by atoms with Gasteiger partial charge in [-0.1, -0.05) is 30.3 Å². The topological polar surface area (TPSA) is 108 Å². The molecule has 1 heterocycles. The average molecular weight is 499 g/mol. The van der Waals surface area contributed by atoms with Crippen LogP contribution in [0, 0.1) is 6.92 Å². The van der Waals surface area contributed by atoms with Crippen molar-refractivity contribution in [3.05, 3.63) is 82.0 Å². The predicted octanol–water partition coefficient (Wildman–Crippen LogP) is 3.40. The number of benzene rings is 2. The van der Waals surface area contributed by atoms with E-state index >= 15 is 0 Å². The first-order chi connectivity index (χ1) is 16.3. The van der Waals surface area contributed by atoms with Gasteiger partial charge in [0.15, 0.2) is 0 Å². The molecule has 2 amide bonds. The van der Waals surface area contributed by atoms with Crippen LogP contribution in [0.4, 0.5) is 5.69 Å². The maximum absolute atomic E-state index is 13.3. The number of nitrogens with zero attached hydrogens (tertiary/aromatic N) is 2. The Labute approximate surface area is 203 Å². The van der Waals surface area contributed by atoms with Crippen LogP contribution in [0.2, 0.25) is 0 Å². The summed E-state index contributed by atoms with van der Waals surface area (Å²) < 4.78 is 27.8. The van der Waals surface area contributed by atoms with Crippen molar-refractivity contribution in [3.8, 4) is 0 Å². The van der Waals surface area contributed by atoms with Gasteiger partial charge in [-0.2, -0.15) is 9.41 Å². The van der Waals surface area contributed by atoms with Gasteiger partial charge >= 0.3 is 0 Å². The Kier molecular flexibility index (Phi) is 8.69. The van der Waals surface area contributed by atoms with Crippen LogP contribution in [-0.4, -0.2) is 43.8 Å². The van der Waals surface area contributed by atoms with Gasteiger partial charge in [-0.15, -0.1) is 11.3 Å². The molecule has 0 fully saturated rings. The standard InChI is InChI=1S/C24H26N4O4S2/c1-18-13-15-33-23(18)16-25-27-24(30)17-28(14-12-20-6-4-3-5-7-20)34(31,32)22-10-8-21(9-11-22)26-19(2)29/h3-11,13,15-16H,12,14,17H2,1-2H3,(H,26,29)(H,27,30). The van der Waals surface area contributed by atoms with Gasteiger partial charge in [0.25, 0.3) is 5.91 Å². The smallest absolute Gasteiger partial charge is 0.255 e. The molecule has 178 valence electrons. The summed E-state index contributed by atoms with van der Waals surface area (Å²) in [6.07, 6.45) is 1.98. The third kappa shape index (κ3) is 7.08. The number of anilines is 1. The summed E-state index contributed by atoms with van der Waals surface area (Å²) in [5, 5.41) is 8.49. The van der Waals surface area contributed by atoms with Crippen LogP contribution < -0.4 is 10.7 Å². The van der Waals surface area contributed by atoms with Crippen LogP contribution in [0.1, 0.15) is 22.9 Å². The zero-order valence-corrected chi connectivity index (χ0v) is 20.5. The molecule has 0 radical (unpaired) electrons. The Hall–Kier alpha value is -3.34. The Morgan fingerprint density at radius 1 is 1.06 bits per heavy atom. The van der Waals surface area contributed by atoms with Gasteiger partial charge in [-0.05, 0) is 60.2 Å². The second kappa shape index (κ2) is 11.7. The van der Waals surface area contributed by atoms with Crippen molar-refractivity contribution in [1.29, 1.82) is 0 Å². The molecule has 0 atom stereocenters. The summed E-state index contributed by atoms with van der Waals surface area (Å²) in [4.78, 5) is 24.7. The minimum Gasteiger partial charge on any atom is -0.326 e. The number of thiophene rings is 1. The normalized spacial score (nSPS) is 11.6. The van der Waals surface area contributed by atoms with Crippen molar-refractivity contribution in [3.63, 3.8) is 0 Å². The maximum atomic E-state index is 13.3. The number of amides is 2. The molecular weight excluding hydrogens is 472 g/mol. The zero-order chi connectivity index (χ0) is 24.6. The molecular formula is C24H26N4O4S2. The summed E-state index contributed by atoms with van der Waals surface area (Å²) in [6, 6.07) is 17.2. The molecule has 0 aliphatic heterocycles. The van der Waals surface area contributed by atoms with Crippen LogP contribution in [-0.2, 0) is 26.0 Å². The molecule has 0 unspecified atom stereocenters. The number of hydrazone groups is 1. The van der Waals surface area contributed by atoms with Crippen molar-refractivity contribution in [1.82, 2.24) is 9.73 Å². The highest BCUT2D eigenvalue weighted by atomic mass is 32.2. The largest absolute Gasteiger partial charge is 0.326 e. The van der Waals surface area contributed by atoms with Crippen molar-refractivity contribution < 1.29 is 18.0 Å². The van der Waals surface area contributed by atoms with Gasteiger partial charge in [-0.25, -0.2) is 13.8 Å². The van der Waals surface area contributed by atoms with Crippen LogP contribution in [0.15, 0.2) is 76.0 Å². The fraction of sp³-hybridized carbons (Fsp3) is 0.208. The molecule has 8 nitrogen and oxygen atoms in total. The third-order valence-electron chi connectivity index (χ3n) is 4.90. The van der Waals surface area contributed by atoms with Crippen LogP contribution in [0.3, 0.4) is 0 Å². The number of hydrogen-bond donors (Lipinski definition) is 2. The molecule has 34 heavy (non-hydrogen) atoms. The van der Waals surface area contributed by atoms with E-state index in [1.807, 2.05) is 48.7 Å². The number of aryl methyl sites for hydroxylation is 1. The summed E-state index contributed by atoms with van der Waals surface area (Å²) >= 11 is 1.49. The number of sulfonamides is 1. The highest BCUT2D eigenvalue weighted by molar-refractivity contribution is 7.89. The lowest BCUT2D eigenvalue weighted by atomic mass is 10.1. The molecule has 2 aromatic carbocycles. The second-order valence-corrected chi connectivity index (χ2v) is 10.4. The van der Waals surface area contributed by atoms with Gasteiger partial charge in [0.05, 0.1) is 17.7 Å². The predicted molar refractivity (Wildman–Crippen MR) is 134 cm³/mol. The summed E-state index contributed by atoms with van der Waals surface area (Å²) in [7, 11) is -3.98. The molecule has 3 aromatic rings. The lowest BCUT2D eigenvalue weighted by molar-refractivity contribution is -0.121. The van der Waals surface area contributed by atoms with Crippen LogP contribution in [0.25, 0.3) is 0 Å². The molecule has 0 aliphatic rings. The minimum atomic E-state index is -3.98. The van der Waals surface area contributed by atoms with Gasteiger partial charge in [-0.3, -0.25) is 9.59 Å². The average Bonchev–Trinajstić information content (AvgIpc) is 3.21. The monoisotopic (exact) mass is 498 g/mol. The number of hydrogen-bond acceptors (Lipinski definition) is 6. The quantitative estimate of drug-likeness (QED) is 0.330. The summed E-state index contributed by atoms with van der Waals surface area (Å²) in [6.45, 7) is 3.04. The molecule has 0 spiro atoms. The Morgan fingerprint density at radius 3 is 2.38 bits per heavy atom. The van der Waals surface area contributed by atoms with Crippen molar-refractivity contribution >= 4 is 45.1 Å². The zero-order valence-electron chi connectivity index (χ0n) is 18.9. The van der Waals surface area contributed by atoms with E-state index in [1.165, 1.54) is 42.5 Å². The van der Waals surface area contributed by atoms with E-state index < -0.39 is 15.9 Å². The molecule has 2 N–H and O–H groups in total. The number of nitrogens with one attached hydrogen (secondary N) is 2.